The molecule has 4 aliphatic rings. The molecule has 10 atom stereocenters. The van der Waals surface area contributed by atoms with Gasteiger partial charge in [0.05, 0.1) is 40.6 Å². The second-order valence-corrected chi connectivity index (χ2v) is 25.3. The maximum absolute atomic E-state index is 13.2. The van der Waals surface area contributed by atoms with Crippen molar-refractivity contribution in [3.63, 3.8) is 0 Å². The van der Waals surface area contributed by atoms with Crippen LogP contribution < -0.4 is 4.89 Å². The molecule has 0 aliphatic heterocycles. The molecule has 0 aromatic carbocycles. The number of hydrogen-bond donors (Lipinski definition) is 0. The van der Waals surface area contributed by atoms with Gasteiger partial charge in [0.15, 0.2) is 6.10 Å². The number of fused-ring (bicyclic) bond motifs is 5. The Kier molecular flexibility index (Phi) is 25.5. The van der Waals surface area contributed by atoms with Crippen molar-refractivity contribution in [3.8, 4) is 0 Å². The van der Waals surface area contributed by atoms with E-state index in [-0.39, 0.29) is 44.0 Å². The zero-order valence-corrected chi connectivity index (χ0v) is 46.1. The molecule has 3 saturated carbocycles. The third-order valence-corrected chi connectivity index (χ3v) is 17.9. The number of rotatable bonds is 34. The number of likely N-dealkylation sites (N-methyl/N-ethyl adjacent to an activating group) is 1. The highest BCUT2D eigenvalue weighted by atomic mass is 31.2. The number of carbonyl (C=O) groups is 3. The normalized spacial score (nSPS) is 27.5. The summed E-state index contributed by atoms with van der Waals surface area (Å²) in [6, 6.07) is 0. The molecule has 0 aromatic rings. The first-order chi connectivity index (χ1) is 32.8. The third kappa shape index (κ3) is 20.4. The lowest BCUT2D eigenvalue weighted by Crippen LogP contribution is -2.51. The van der Waals surface area contributed by atoms with Crippen molar-refractivity contribution >= 4 is 25.7 Å². The zero-order valence-electron chi connectivity index (χ0n) is 45.2. The molecule has 0 N–H and O–H groups in total. The molecule has 4 rings (SSSR count). The lowest BCUT2D eigenvalue weighted by Gasteiger charge is -2.58. The fourth-order valence-electron chi connectivity index (χ4n) is 12.8. The molecule has 0 spiro atoms. The van der Waals surface area contributed by atoms with Gasteiger partial charge in [0.25, 0.3) is 7.82 Å². The van der Waals surface area contributed by atoms with Crippen molar-refractivity contribution in [2.45, 2.75) is 227 Å². The molecule has 0 bridgehead atoms. The molecule has 11 nitrogen and oxygen atoms in total. The van der Waals surface area contributed by atoms with Crippen LogP contribution in [0.1, 0.15) is 215 Å². The Morgan fingerprint density at radius 3 is 2.12 bits per heavy atom. The van der Waals surface area contributed by atoms with E-state index in [9.17, 15) is 23.8 Å². The van der Waals surface area contributed by atoms with E-state index >= 15 is 0 Å². The average Bonchev–Trinajstić information content (AvgIpc) is 3.64. The fraction of sp³-hybridized carbons (Fsp3) is 0.877. The Morgan fingerprint density at radius 2 is 1.43 bits per heavy atom. The third-order valence-electron chi connectivity index (χ3n) is 16.9. The van der Waals surface area contributed by atoms with Crippen LogP contribution >= 0.6 is 7.82 Å². The molecular formula is C57H100NO10P. The van der Waals surface area contributed by atoms with Crippen molar-refractivity contribution < 1.29 is 51.6 Å². The summed E-state index contributed by atoms with van der Waals surface area (Å²) in [6.45, 7) is 13.9. The average molecular weight is 990 g/mol. The lowest BCUT2D eigenvalue weighted by atomic mass is 9.47. The quantitative estimate of drug-likeness (QED) is 0.0153. The number of unbranched alkanes of at least 4 members (excludes halogenated alkanes) is 11. The molecule has 398 valence electrons. The lowest BCUT2D eigenvalue weighted by molar-refractivity contribution is -0.870. The van der Waals surface area contributed by atoms with Gasteiger partial charge in [-0.2, -0.15) is 0 Å². The van der Waals surface area contributed by atoms with Gasteiger partial charge in [-0.25, -0.2) is 0 Å². The van der Waals surface area contributed by atoms with Crippen LogP contribution in [0.5, 0.6) is 0 Å². The van der Waals surface area contributed by atoms with Crippen LogP contribution in [0, 0.1) is 46.3 Å². The zero-order chi connectivity index (χ0) is 50.5. The van der Waals surface area contributed by atoms with Crippen LogP contribution in [0.2, 0.25) is 0 Å². The van der Waals surface area contributed by atoms with Crippen LogP contribution in [-0.2, 0) is 42.2 Å². The Hall–Kier alpha value is -2.04. The fourth-order valence-corrected chi connectivity index (χ4v) is 13.5. The maximum atomic E-state index is 13.2. The molecule has 69 heavy (non-hydrogen) atoms. The topological polar surface area (TPSA) is 137 Å². The van der Waals surface area contributed by atoms with Crippen molar-refractivity contribution in [3.05, 3.63) is 23.8 Å². The number of nitrogens with zero attached hydrogens (tertiary/aromatic N) is 1. The number of phosphoric ester groups is 1. The van der Waals surface area contributed by atoms with Gasteiger partial charge in [-0.05, 0) is 123 Å². The van der Waals surface area contributed by atoms with Gasteiger partial charge >= 0.3 is 17.9 Å². The Morgan fingerprint density at radius 1 is 0.768 bits per heavy atom. The van der Waals surface area contributed by atoms with Crippen molar-refractivity contribution in [1.29, 1.82) is 0 Å². The van der Waals surface area contributed by atoms with Crippen molar-refractivity contribution in [1.82, 2.24) is 0 Å². The molecular weight excluding hydrogens is 890 g/mol. The summed E-state index contributed by atoms with van der Waals surface area (Å²) in [7, 11) is 0.993. The summed E-state index contributed by atoms with van der Waals surface area (Å²) in [5, 5.41) is 0. The number of phosphoric acid groups is 1. The van der Waals surface area contributed by atoms with E-state index in [4.69, 9.17) is 23.3 Å². The minimum Gasteiger partial charge on any atom is -0.756 e. The van der Waals surface area contributed by atoms with Gasteiger partial charge < -0.3 is 32.6 Å². The molecule has 0 saturated heterocycles. The van der Waals surface area contributed by atoms with Crippen molar-refractivity contribution in [2.75, 3.05) is 47.5 Å². The smallest absolute Gasteiger partial charge is 0.306 e. The van der Waals surface area contributed by atoms with Gasteiger partial charge in [-0.3, -0.25) is 18.9 Å². The van der Waals surface area contributed by atoms with Crippen LogP contribution in [0.3, 0.4) is 0 Å². The first kappa shape index (κ1) is 59.5. The summed E-state index contributed by atoms with van der Waals surface area (Å²) in [5.41, 5.74) is 2.01. The van der Waals surface area contributed by atoms with E-state index in [0.29, 0.717) is 28.8 Å². The van der Waals surface area contributed by atoms with Gasteiger partial charge in [0, 0.05) is 12.8 Å². The minimum atomic E-state index is -4.74. The van der Waals surface area contributed by atoms with Crippen molar-refractivity contribution in [2.24, 2.45) is 46.3 Å². The van der Waals surface area contributed by atoms with Crippen LogP contribution in [0.25, 0.3) is 0 Å². The summed E-state index contributed by atoms with van der Waals surface area (Å²) in [6.07, 6.45) is 33.4. The molecule has 0 radical (unpaired) electrons. The van der Waals surface area contributed by atoms with E-state index in [2.05, 4.69) is 59.8 Å². The predicted molar refractivity (Wildman–Crippen MR) is 275 cm³/mol. The van der Waals surface area contributed by atoms with Gasteiger partial charge in [-0.15, -0.1) is 0 Å². The molecule has 0 amide bonds. The second-order valence-electron chi connectivity index (χ2n) is 23.9. The minimum absolute atomic E-state index is 0.0843. The van der Waals surface area contributed by atoms with E-state index < -0.39 is 38.4 Å². The summed E-state index contributed by atoms with van der Waals surface area (Å²) in [4.78, 5) is 51.6. The number of ether oxygens (including phenoxy) is 3. The number of esters is 3. The van der Waals surface area contributed by atoms with E-state index in [1.165, 1.54) is 89.0 Å². The highest BCUT2D eigenvalue weighted by molar-refractivity contribution is 7.45. The monoisotopic (exact) mass is 990 g/mol. The van der Waals surface area contributed by atoms with Gasteiger partial charge in [-0.1, -0.05) is 136 Å². The number of carbonyl (C=O) groups excluding carboxylic acids is 3. The summed E-state index contributed by atoms with van der Waals surface area (Å²) in [5.74, 6) is 2.92. The summed E-state index contributed by atoms with van der Waals surface area (Å²) < 4.78 is 40.2. The molecule has 0 heterocycles. The van der Waals surface area contributed by atoms with Gasteiger partial charge in [0.2, 0.25) is 0 Å². The Balaban J connectivity index is 1.19. The molecule has 4 aliphatic carbocycles. The predicted octanol–water partition coefficient (Wildman–Crippen LogP) is 13.4. The standard InChI is InChI=1S/C57H100NO10P/c1-10-11-12-13-14-15-16-17-18-19-20-21-22-23-24-28-53(59)64-42-48(43-66-69(62,63)65-40-39-58(7,8)9)68-55(61)34-33-54(60)67-47-35-37-56(5)46(41-47)29-30-49-51-32-31-50(45(4)27-25-26-44(2)3)57(51,6)38-36-52(49)56/h17-18,29,44-45,47-52H,10-16,19-28,30-43H2,1-9H3/b18-17+. The molecule has 10 unspecified atom stereocenters. The number of hydrogen-bond acceptors (Lipinski definition) is 10. The molecule has 12 heteroatoms. The van der Waals surface area contributed by atoms with E-state index in [0.717, 1.165) is 93.8 Å². The van der Waals surface area contributed by atoms with E-state index in [1.807, 2.05) is 21.1 Å². The van der Waals surface area contributed by atoms with E-state index in [1.54, 1.807) is 0 Å². The van der Waals surface area contributed by atoms with Gasteiger partial charge in [0.1, 0.15) is 25.9 Å². The maximum Gasteiger partial charge on any atom is 0.306 e. The molecule has 3 fully saturated rings. The largest absolute Gasteiger partial charge is 0.756 e. The first-order valence-electron chi connectivity index (χ1n) is 28.1. The first-order valence-corrected chi connectivity index (χ1v) is 29.5. The Bertz CT molecular complexity index is 1660. The number of allylic oxidation sites excluding steroid dienone is 3. The van der Waals surface area contributed by atoms with Crippen LogP contribution in [-0.4, -0.2) is 82.1 Å². The van der Waals surface area contributed by atoms with Crippen LogP contribution in [0.15, 0.2) is 23.8 Å². The highest BCUT2D eigenvalue weighted by Gasteiger charge is 2.59. The Labute approximate surface area is 420 Å². The molecule has 0 aromatic heterocycles. The number of quaternary nitrogens is 1. The van der Waals surface area contributed by atoms with Crippen LogP contribution in [0.4, 0.5) is 0 Å². The summed E-state index contributed by atoms with van der Waals surface area (Å²) >= 11 is 0. The highest BCUT2D eigenvalue weighted by Crippen LogP contribution is 2.67. The SMILES string of the molecule is CCCCCCCC/C=C/CCCCCCCC(=O)OCC(COP(=O)([O-])OCC[N+](C)(C)C)OC(=O)CCC(=O)OC1CCC2(C)C(=CCC3C2CCC2(C)C(C(C)CCCC(C)C)CCC32)C1. The second kappa shape index (κ2) is 29.6.